The molecule has 2 aliphatic heterocycles. The SMILES string of the molecule is O=C(NC1CNCCC1c1ccc(F)cc1)c1ccc2c(c1)OCO2. The zero-order valence-corrected chi connectivity index (χ0v) is 13.6. The third-order valence-corrected chi connectivity index (χ3v) is 4.73. The van der Waals surface area contributed by atoms with Crippen LogP contribution < -0.4 is 20.1 Å². The first kappa shape index (κ1) is 15.9. The van der Waals surface area contributed by atoms with Crippen LogP contribution in [-0.4, -0.2) is 31.8 Å². The third kappa shape index (κ3) is 3.30. The average molecular weight is 342 g/mol. The quantitative estimate of drug-likeness (QED) is 0.899. The van der Waals surface area contributed by atoms with E-state index in [1.54, 1.807) is 30.3 Å². The Morgan fingerprint density at radius 2 is 1.92 bits per heavy atom. The Hall–Kier alpha value is -2.60. The number of amides is 1. The lowest BCUT2D eigenvalue weighted by molar-refractivity contribution is 0.0924. The van der Waals surface area contributed by atoms with Gasteiger partial charge in [0.25, 0.3) is 5.91 Å². The van der Waals surface area contributed by atoms with Crippen LogP contribution >= 0.6 is 0 Å². The number of ether oxygens (including phenoxy) is 2. The molecule has 1 amide bonds. The van der Waals surface area contributed by atoms with Crippen molar-refractivity contribution in [1.82, 2.24) is 10.6 Å². The van der Waals surface area contributed by atoms with E-state index < -0.39 is 0 Å². The first-order valence-corrected chi connectivity index (χ1v) is 8.37. The number of carbonyl (C=O) groups excluding carboxylic acids is 1. The highest BCUT2D eigenvalue weighted by Gasteiger charge is 2.28. The van der Waals surface area contributed by atoms with E-state index in [4.69, 9.17) is 9.47 Å². The second kappa shape index (κ2) is 6.72. The highest BCUT2D eigenvalue weighted by atomic mass is 19.1. The minimum absolute atomic E-state index is 0.0582. The van der Waals surface area contributed by atoms with Gasteiger partial charge < -0.3 is 20.1 Å². The number of rotatable bonds is 3. The van der Waals surface area contributed by atoms with E-state index >= 15 is 0 Å². The van der Waals surface area contributed by atoms with Crippen molar-refractivity contribution in [2.45, 2.75) is 18.4 Å². The van der Waals surface area contributed by atoms with Gasteiger partial charge in [-0.3, -0.25) is 4.79 Å². The zero-order valence-electron chi connectivity index (χ0n) is 13.6. The molecule has 2 heterocycles. The molecular formula is C19H19FN2O3. The molecule has 25 heavy (non-hydrogen) atoms. The number of benzene rings is 2. The Balaban J connectivity index is 1.51. The van der Waals surface area contributed by atoms with Crippen LogP contribution in [0.4, 0.5) is 4.39 Å². The molecule has 0 aliphatic carbocycles. The van der Waals surface area contributed by atoms with Gasteiger partial charge in [-0.05, 0) is 48.9 Å². The summed E-state index contributed by atoms with van der Waals surface area (Å²) in [5, 5.41) is 6.41. The maximum absolute atomic E-state index is 13.2. The first-order valence-electron chi connectivity index (χ1n) is 8.37. The number of hydrogen-bond acceptors (Lipinski definition) is 4. The Labute approximate surface area is 145 Å². The van der Waals surface area contributed by atoms with Gasteiger partial charge in [0.05, 0.1) is 0 Å². The minimum atomic E-state index is -0.251. The van der Waals surface area contributed by atoms with Gasteiger partial charge in [0.1, 0.15) is 5.82 Å². The molecule has 2 unspecified atom stereocenters. The molecule has 0 aromatic heterocycles. The molecule has 0 spiro atoms. The fraction of sp³-hybridized carbons (Fsp3) is 0.316. The number of nitrogens with one attached hydrogen (secondary N) is 2. The second-order valence-electron chi connectivity index (χ2n) is 6.30. The normalized spacial score (nSPS) is 21.8. The van der Waals surface area contributed by atoms with E-state index in [1.165, 1.54) is 12.1 Å². The number of halogens is 1. The van der Waals surface area contributed by atoms with Gasteiger partial charge in [-0.2, -0.15) is 0 Å². The van der Waals surface area contributed by atoms with Crippen LogP contribution in [-0.2, 0) is 0 Å². The Bertz CT molecular complexity index is 779. The summed E-state index contributed by atoms with van der Waals surface area (Å²) in [6.07, 6.45) is 0.887. The molecular weight excluding hydrogens is 323 g/mol. The molecule has 2 aromatic carbocycles. The zero-order chi connectivity index (χ0) is 17.2. The molecule has 5 nitrogen and oxygen atoms in total. The number of carbonyl (C=O) groups is 1. The van der Waals surface area contributed by atoms with Crippen molar-refractivity contribution in [1.29, 1.82) is 0 Å². The van der Waals surface area contributed by atoms with E-state index in [-0.39, 0.29) is 30.5 Å². The molecule has 0 saturated carbocycles. The van der Waals surface area contributed by atoms with Crippen molar-refractivity contribution in [3.63, 3.8) is 0 Å². The van der Waals surface area contributed by atoms with Crippen molar-refractivity contribution in [2.24, 2.45) is 0 Å². The molecule has 2 aliphatic rings. The van der Waals surface area contributed by atoms with Crippen LogP contribution in [0.2, 0.25) is 0 Å². The molecule has 1 fully saturated rings. The van der Waals surface area contributed by atoms with Gasteiger partial charge in [0, 0.05) is 24.1 Å². The van der Waals surface area contributed by atoms with Gasteiger partial charge in [-0.1, -0.05) is 12.1 Å². The highest BCUT2D eigenvalue weighted by molar-refractivity contribution is 5.95. The van der Waals surface area contributed by atoms with Crippen LogP contribution in [0.5, 0.6) is 11.5 Å². The van der Waals surface area contributed by atoms with Crippen LogP contribution in [0.25, 0.3) is 0 Å². The summed E-state index contributed by atoms with van der Waals surface area (Å²) in [4.78, 5) is 12.6. The van der Waals surface area contributed by atoms with Crippen molar-refractivity contribution < 1.29 is 18.7 Å². The van der Waals surface area contributed by atoms with Crippen LogP contribution in [0.15, 0.2) is 42.5 Å². The number of hydrogen-bond donors (Lipinski definition) is 2. The van der Waals surface area contributed by atoms with E-state index in [0.29, 0.717) is 23.6 Å². The summed E-state index contributed by atoms with van der Waals surface area (Å²) in [7, 11) is 0. The molecule has 0 bridgehead atoms. The van der Waals surface area contributed by atoms with Gasteiger partial charge >= 0.3 is 0 Å². The standard InChI is InChI=1S/C19H19FN2O3/c20-14-4-1-12(2-5-14)15-7-8-21-10-16(15)22-19(23)13-3-6-17-18(9-13)25-11-24-17/h1-6,9,15-16,21H,7-8,10-11H2,(H,22,23). The molecule has 0 radical (unpaired) electrons. The van der Waals surface area contributed by atoms with Crippen molar-refractivity contribution >= 4 is 5.91 Å². The Morgan fingerprint density at radius 1 is 1.12 bits per heavy atom. The molecule has 2 aromatic rings. The Morgan fingerprint density at radius 3 is 2.76 bits per heavy atom. The van der Waals surface area contributed by atoms with Crippen molar-refractivity contribution in [3.05, 3.63) is 59.4 Å². The maximum atomic E-state index is 13.2. The van der Waals surface area contributed by atoms with Crippen molar-refractivity contribution in [3.8, 4) is 11.5 Å². The van der Waals surface area contributed by atoms with Gasteiger partial charge in [-0.15, -0.1) is 0 Å². The molecule has 6 heteroatoms. The predicted octanol–water partition coefficient (Wildman–Crippen LogP) is 2.43. The van der Waals surface area contributed by atoms with E-state index in [2.05, 4.69) is 10.6 Å². The van der Waals surface area contributed by atoms with Crippen LogP contribution in [0.3, 0.4) is 0 Å². The first-order chi connectivity index (χ1) is 12.2. The summed E-state index contributed by atoms with van der Waals surface area (Å²) < 4.78 is 23.8. The molecule has 2 atom stereocenters. The lowest BCUT2D eigenvalue weighted by atomic mass is 9.86. The summed E-state index contributed by atoms with van der Waals surface area (Å²) in [6.45, 7) is 1.73. The summed E-state index contributed by atoms with van der Waals surface area (Å²) in [5.41, 5.74) is 1.58. The monoisotopic (exact) mass is 342 g/mol. The Kier molecular flexibility index (Phi) is 4.28. The fourth-order valence-electron chi connectivity index (χ4n) is 3.41. The largest absolute Gasteiger partial charge is 0.454 e. The molecule has 1 saturated heterocycles. The van der Waals surface area contributed by atoms with Gasteiger partial charge in [0.2, 0.25) is 6.79 Å². The van der Waals surface area contributed by atoms with E-state index in [9.17, 15) is 9.18 Å². The number of fused-ring (bicyclic) bond motifs is 1. The maximum Gasteiger partial charge on any atom is 0.251 e. The summed E-state index contributed by atoms with van der Waals surface area (Å²) in [6, 6.07) is 11.6. The third-order valence-electron chi connectivity index (χ3n) is 4.73. The molecule has 130 valence electrons. The predicted molar refractivity (Wildman–Crippen MR) is 90.4 cm³/mol. The van der Waals surface area contributed by atoms with E-state index in [1.807, 2.05) is 0 Å². The lowest BCUT2D eigenvalue weighted by Crippen LogP contribution is -2.50. The smallest absolute Gasteiger partial charge is 0.251 e. The fourth-order valence-corrected chi connectivity index (χ4v) is 3.41. The molecule has 4 rings (SSSR count). The van der Waals surface area contributed by atoms with E-state index in [0.717, 1.165) is 18.5 Å². The number of piperidine rings is 1. The summed E-state index contributed by atoms with van der Waals surface area (Å²) >= 11 is 0. The average Bonchev–Trinajstić information content (AvgIpc) is 3.11. The molecule has 2 N–H and O–H groups in total. The van der Waals surface area contributed by atoms with Gasteiger partial charge in [0.15, 0.2) is 11.5 Å². The minimum Gasteiger partial charge on any atom is -0.454 e. The highest BCUT2D eigenvalue weighted by Crippen LogP contribution is 2.33. The van der Waals surface area contributed by atoms with Crippen molar-refractivity contribution in [2.75, 3.05) is 19.9 Å². The topological polar surface area (TPSA) is 59.6 Å². The van der Waals surface area contributed by atoms with Gasteiger partial charge in [-0.25, -0.2) is 4.39 Å². The van der Waals surface area contributed by atoms with Crippen LogP contribution in [0.1, 0.15) is 28.3 Å². The summed E-state index contributed by atoms with van der Waals surface area (Å²) in [5.74, 6) is 0.988. The second-order valence-corrected chi connectivity index (χ2v) is 6.30. The van der Waals surface area contributed by atoms with Crippen LogP contribution in [0, 0.1) is 5.82 Å². The lowest BCUT2D eigenvalue weighted by Gasteiger charge is -2.33.